The van der Waals surface area contributed by atoms with Gasteiger partial charge >= 0.3 is 12.1 Å². The summed E-state index contributed by atoms with van der Waals surface area (Å²) in [5.74, 6) is -0.862. The molecule has 5 heteroatoms. The number of carbonyl (C=O) groups excluding carboxylic acids is 1. The summed E-state index contributed by atoms with van der Waals surface area (Å²) in [4.78, 5) is 22.6. The number of hydrogen-bond donors (Lipinski definition) is 2. The molecular weight excluding hydrogens is 222 g/mol. The highest BCUT2D eigenvalue weighted by atomic mass is 16.6. The van der Waals surface area contributed by atoms with Gasteiger partial charge in [0.15, 0.2) is 0 Å². The zero-order valence-corrected chi connectivity index (χ0v) is 11.1. The lowest BCUT2D eigenvalue weighted by atomic mass is 9.96. The number of carbonyl (C=O) groups is 2. The number of aliphatic carboxylic acids is 1. The van der Waals surface area contributed by atoms with E-state index in [1.54, 1.807) is 20.8 Å². The van der Waals surface area contributed by atoms with Crippen LogP contribution in [-0.2, 0) is 9.53 Å². The number of nitrogens with one attached hydrogen (secondary N) is 1. The standard InChI is InChI=1S/C12H21NO4/c1-10(2,3)17-9(16)13-7-12(8(14)15)6-11(12,4)5/h6-7H2,1-5H3,(H,13,16)(H,14,15). The van der Waals surface area contributed by atoms with Crippen molar-refractivity contribution in [1.29, 1.82) is 0 Å². The maximum Gasteiger partial charge on any atom is 0.407 e. The predicted octanol–water partition coefficient (Wildman–Crippen LogP) is 2.01. The Morgan fingerprint density at radius 1 is 1.35 bits per heavy atom. The second-order valence-electron chi connectivity index (χ2n) is 6.30. The second kappa shape index (κ2) is 3.89. The predicted molar refractivity (Wildman–Crippen MR) is 62.7 cm³/mol. The lowest BCUT2D eigenvalue weighted by Crippen LogP contribution is -2.39. The average Bonchev–Trinajstić information content (AvgIpc) is 2.63. The van der Waals surface area contributed by atoms with E-state index < -0.39 is 23.1 Å². The maximum atomic E-state index is 11.4. The zero-order valence-electron chi connectivity index (χ0n) is 11.1. The Morgan fingerprint density at radius 2 is 1.82 bits per heavy atom. The second-order valence-corrected chi connectivity index (χ2v) is 6.30. The Bertz CT molecular complexity index is 343. The van der Waals surface area contributed by atoms with Gasteiger partial charge in [-0.15, -0.1) is 0 Å². The summed E-state index contributed by atoms with van der Waals surface area (Å²) in [6.45, 7) is 9.18. The zero-order chi connectivity index (χ0) is 13.5. The Balaban J connectivity index is 2.51. The van der Waals surface area contributed by atoms with Crippen molar-refractivity contribution < 1.29 is 19.4 Å². The van der Waals surface area contributed by atoms with Crippen molar-refractivity contribution in [2.45, 2.75) is 46.6 Å². The fourth-order valence-corrected chi connectivity index (χ4v) is 1.99. The van der Waals surface area contributed by atoms with Crippen LogP contribution in [0.4, 0.5) is 4.79 Å². The number of rotatable bonds is 3. The minimum absolute atomic E-state index is 0.115. The van der Waals surface area contributed by atoms with E-state index in [0.717, 1.165) is 0 Å². The molecule has 0 aromatic rings. The van der Waals surface area contributed by atoms with Crippen LogP contribution in [0.5, 0.6) is 0 Å². The Hall–Kier alpha value is -1.26. The van der Waals surface area contributed by atoms with Crippen molar-refractivity contribution >= 4 is 12.1 Å². The van der Waals surface area contributed by atoms with Gasteiger partial charge in [0.2, 0.25) is 0 Å². The van der Waals surface area contributed by atoms with Crippen LogP contribution in [0.1, 0.15) is 41.0 Å². The highest BCUT2D eigenvalue weighted by Crippen LogP contribution is 2.63. The summed E-state index contributed by atoms with van der Waals surface area (Å²) in [5.41, 5.74) is -1.68. The molecule has 1 rings (SSSR count). The summed E-state index contributed by atoms with van der Waals surface area (Å²) in [7, 11) is 0. The molecule has 0 aromatic carbocycles. The molecule has 1 unspecified atom stereocenters. The molecule has 98 valence electrons. The molecule has 17 heavy (non-hydrogen) atoms. The van der Waals surface area contributed by atoms with E-state index >= 15 is 0 Å². The van der Waals surface area contributed by atoms with Gasteiger partial charge in [-0.2, -0.15) is 0 Å². The first-order valence-electron chi connectivity index (χ1n) is 5.70. The van der Waals surface area contributed by atoms with Crippen molar-refractivity contribution in [3.8, 4) is 0 Å². The summed E-state index contributed by atoms with van der Waals surface area (Å²) < 4.78 is 5.07. The quantitative estimate of drug-likeness (QED) is 0.795. The number of carboxylic acid groups (broad SMARTS) is 1. The number of hydrogen-bond acceptors (Lipinski definition) is 3. The molecule has 1 fully saturated rings. The van der Waals surface area contributed by atoms with Crippen molar-refractivity contribution in [3.63, 3.8) is 0 Å². The van der Waals surface area contributed by atoms with E-state index in [1.165, 1.54) is 0 Å². The molecule has 1 atom stereocenters. The fraction of sp³-hybridized carbons (Fsp3) is 0.833. The molecule has 1 amide bonds. The van der Waals surface area contributed by atoms with Gasteiger partial charge in [0.1, 0.15) is 5.60 Å². The minimum atomic E-state index is -0.862. The van der Waals surface area contributed by atoms with Gasteiger partial charge in [-0.3, -0.25) is 4.79 Å². The summed E-state index contributed by atoms with van der Waals surface area (Å²) >= 11 is 0. The van der Waals surface area contributed by atoms with Gasteiger partial charge in [0.25, 0.3) is 0 Å². The van der Waals surface area contributed by atoms with E-state index in [-0.39, 0.29) is 12.0 Å². The van der Waals surface area contributed by atoms with E-state index in [1.807, 2.05) is 13.8 Å². The largest absolute Gasteiger partial charge is 0.481 e. The van der Waals surface area contributed by atoms with Gasteiger partial charge in [0.05, 0.1) is 5.41 Å². The minimum Gasteiger partial charge on any atom is -0.481 e. The van der Waals surface area contributed by atoms with Crippen molar-refractivity contribution in [2.75, 3.05) is 6.54 Å². The molecule has 0 heterocycles. The first kappa shape index (κ1) is 13.8. The van der Waals surface area contributed by atoms with Gasteiger partial charge in [-0.05, 0) is 32.6 Å². The van der Waals surface area contributed by atoms with E-state index in [2.05, 4.69) is 5.32 Å². The number of carboxylic acids is 1. The highest BCUT2D eigenvalue weighted by Gasteiger charge is 2.66. The monoisotopic (exact) mass is 243 g/mol. The molecule has 2 N–H and O–H groups in total. The molecule has 1 saturated carbocycles. The smallest absolute Gasteiger partial charge is 0.407 e. The third-order valence-corrected chi connectivity index (χ3v) is 3.26. The number of alkyl carbamates (subject to hydrolysis) is 1. The van der Waals surface area contributed by atoms with Crippen LogP contribution in [0, 0.1) is 10.8 Å². The molecule has 1 aliphatic rings. The maximum absolute atomic E-state index is 11.4. The molecule has 0 spiro atoms. The van der Waals surface area contributed by atoms with Gasteiger partial charge in [-0.25, -0.2) is 4.79 Å². The molecular formula is C12H21NO4. The highest BCUT2D eigenvalue weighted by molar-refractivity contribution is 5.81. The molecule has 5 nitrogen and oxygen atoms in total. The molecule has 1 aliphatic carbocycles. The first-order valence-corrected chi connectivity index (χ1v) is 5.70. The molecule has 0 radical (unpaired) electrons. The van der Waals surface area contributed by atoms with E-state index in [0.29, 0.717) is 6.42 Å². The van der Waals surface area contributed by atoms with Crippen LogP contribution in [0.15, 0.2) is 0 Å². The Morgan fingerprint density at radius 3 is 2.12 bits per heavy atom. The van der Waals surface area contributed by atoms with Crippen LogP contribution in [-0.4, -0.2) is 29.3 Å². The Kier molecular flexibility index (Phi) is 3.16. The van der Waals surface area contributed by atoms with Crippen molar-refractivity contribution in [1.82, 2.24) is 5.32 Å². The van der Waals surface area contributed by atoms with Crippen LogP contribution in [0.25, 0.3) is 0 Å². The van der Waals surface area contributed by atoms with Crippen LogP contribution in [0.3, 0.4) is 0 Å². The van der Waals surface area contributed by atoms with Crippen molar-refractivity contribution in [2.24, 2.45) is 10.8 Å². The number of amides is 1. The molecule has 0 aliphatic heterocycles. The van der Waals surface area contributed by atoms with Crippen LogP contribution >= 0.6 is 0 Å². The SMILES string of the molecule is CC(C)(C)OC(=O)NCC1(C(=O)O)CC1(C)C. The normalized spacial score (nSPS) is 26.2. The van der Waals surface area contributed by atoms with Gasteiger partial charge in [0, 0.05) is 6.54 Å². The molecule has 0 aromatic heterocycles. The van der Waals surface area contributed by atoms with Gasteiger partial charge in [-0.1, -0.05) is 13.8 Å². The van der Waals surface area contributed by atoms with Gasteiger partial charge < -0.3 is 15.2 Å². The third kappa shape index (κ3) is 2.90. The summed E-state index contributed by atoms with van der Waals surface area (Å²) in [6.07, 6.45) is 0.00585. The third-order valence-electron chi connectivity index (χ3n) is 3.26. The summed E-state index contributed by atoms with van der Waals surface area (Å²) in [6, 6.07) is 0. The molecule has 0 saturated heterocycles. The lowest BCUT2D eigenvalue weighted by molar-refractivity contribution is -0.144. The van der Waals surface area contributed by atoms with Crippen LogP contribution < -0.4 is 5.32 Å². The Labute approximate surface area is 102 Å². The van der Waals surface area contributed by atoms with E-state index in [9.17, 15) is 14.7 Å². The topological polar surface area (TPSA) is 75.6 Å². The van der Waals surface area contributed by atoms with Crippen molar-refractivity contribution in [3.05, 3.63) is 0 Å². The van der Waals surface area contributed by atoms with E-state index in [4.69, 9.17) is 4.74 Å². The number of ether oxygens (including phenoxy) is 1. The lowest BCUT2D eigenvalue weighted by Gasteiger charge is -2.21. The average molecular weight is 243 g/mol. The molecule has 0 bridgehead atoms. The van der Waals surface area contributed by atoms with Crippen LogP contribution in [0.2, 0.25) is 0 Å². The summed E-state index contributed by atoms with van der Waals surface area (Å²) in [5, 5.41) is 11.7. The fourth-order valence-electron chi connectivity index (χ4n) is 1.99. The first-order chi connectivity index (χ1) is 7.50.